The Balaban J connectivity index is 1.65. The van der Waals surface area contributed by atoms with Crippen molar-refractivity contribution in [1.82, 2.24) is 10.2 Å². The van der Waals surface area contributed by atoms with Gasteiger partial charge >= 0.3 is 5.97 Å². The predicted octanol–water partition coefficient (Wildman–Crippen LogP) is 2.18. The zero-order valence-electron chi connectivity index (χ0n) is 14.4. The number of fused-ring (bicyclic) bond motifs is 1. The molecule has 0 saturated heterocycles. The summed E-state index contributed by atoms with van der Waals surface area (Å²) in [6, 6.07) is 12.0. The summed E-state index contributed by atoms with van der Waals surface area (Å²) in [5, 5.41) is 9.73. The molecule has 8 heteroatoms. The molecule has 1 heterocycles. The minimum Gasteiger partial charge on any atom is -0.452 e. The summed E-state index contributed by atoms with van der Waals surface area (Å²) in [5.41, 5.74) is 0.383. The van der Waals surface area contributed by atoms with E-state index >= 15 is 0 Å². The van der Waals surface area contributed by atoms with Crippen molar-refractivity contribution in [3.63, 3.8) is 0 Å². The van der Waals surface area contributed by atoms with E-state index in [0.717, 1.165) is 0 Å². The molecule has 0 fully saturated rings. The van der Waals surface area contributed by atoms with Gasteiger partial charge in [0.2, 0.25) is 0 Å². The van der Waals surface area contributed by atoms with Crippen LogP contribution in [0.1, 0.15) is 12.6 Å². The lowest BCUT2D eigenvalue weighted by Gasteiger charge is -2.13. The highest BCUT2D eigenvalue weighted by molar-refractivity contribution is 5.95. The summed E-state index contributed by atoms with van der Waals surface area (Å²) in [6.45, 7) is 1.43. The van der Waals surface area contributed by atoms with Crippen LogP contribution in [0.3, 0.4) is 0 Å². The van der Waals surface area contributed by atoms with E-state index in [4.69, 9.17) is 4.74 Å². The van der Waals surface area contributed by atoms with Gasteiger partial charge in [-0.15, -0.1) is 0 Å². The number of hydrogen-bond acceptors (Lipinski definition) is 5. The zero-order valence-corrected chi connectivity index (χ0v) is 14.4. The number of H-pyrrole nitrogens is 1. The number of aromatic amines is 1. The Morgan fingerprint density at radius 3 is 2.52 bits per heavy atom. The zero-order chi connectivity index (χ0) is 19.4. The van der Waals surface area contributed by atoms with Crippen molar-refractivity contribution >= 4 is 28.3 Å². The minimum absolute atomic E-state index is 0.203. The van der Waals surface area contributed by atoms with Crippen molar-refractivity contribution in [3.8, 4) is 0 Å². The molecular weight excluding hydrogens is 353 g/mol. The van der Waals surface area contributed by atoms with Crippen molar-refractivity contribution in [1.29, 1.82) is 0 Å². The van der Waals surface area contributed by atoms with Gasteiger partial charge in [0.25, 0.3) is 11.5 Å². The highest BCUT2D eigenvalue weighted by atomic mass is 19.1. The first kappa shape index (κ1) is 18.2. The normalized spacial score (nSPS) is 11.8. The summed E-state index contributed by atoms with van der Waals surface area (Å²) < 4.78 is 18.0. The van der Waals surface area contributed by atoms with Gasteiger partial charge < -0.3 is 10.1 Å². The summed E-state index contributed by atoms with van der Waals surface area (Å²) in [7, 11) is 0. The molecular formula is C19H16FN3O4. The van der Waals surface area contributed by atoms with E-state index in [1.165, 1.54) is 31.2 Å². The van der Waals surface area contributed by atoms with Gasteiger partial charge in [0.1, 0.15) is 5.82 Å². The molecule has 0 saturated carbocycles. The third-order valence-corrected chi connectivity index (χ3v) is 3.88. The molecule has 0 spiro atoms. The molecule has 1 aromatic heterocycles. The van der Waals surface area contributed by atoms with Gasteiger partial charge in [-0.1, -0.05) is 18.2 Å². The largest absolute Gasteiger partial charge is 0.452 e. The van der Waals surface area contributed by atoms with Crippen LogP contribution in [0, 0.1) is 5.82 Å². The molecule has 7 nitrogen and oxygen atoms in total. The predicted molar refractivity (Wildman–Crippen MR) is 96.7 cm³/mol. The first-order valence-corrected chi connectivity index (χ1v) is 8.16. The van der Waals surface area contributed by atoms with Gasteiger partial charge in [0.05, 0.1) is 17.5 Å². The van der Waals surface area contributed by atoms with Crippen LogP contribution in [0.25, 0.3) is 10.8 Å². The molecule has 1 atom stereocenters. The molecule has 1 amide bonds. The molecule has 3 rings (SSSR count). The number of benzene rings is 2. The number of nitrogens with zero attached hydrogens (tertiary/aromatic N) is 1. The number of carbonyl (C=O) groups is 2. The Morgan fingerprint density at radius 1 is 1.15 bits per heavy atom. The maximum atomic E-state index is 12.9. The van der Waals surface area contributed by atoms with Crippen LogP contribution in [-0.2, 0) is 20.7 Å². The number of aromatic nitrogens is 2. The first-order valence-electron chi connectivity index (χ1n) is 8.16. The third-order valence-electron chi connectivity index (χ3n) is 3.88. The number of esters is 1. The van der Waals surface area contributed by atoms with E-state index in [-0.39, 0.29) is 12.0 Å². The fraction of sp³-hybridized carbons (Fsp3) is 0.158. The summed E-state index contributed by atoms with van der Waals surface area (Å²) in [6.07, 6.45) is -1.26. The number of anilines is 1. The Labute approximate surface area is 153 Å². The fourth-order valence-corrected chi connectivity index (χ4v) is 2.51. The molecule has 0 radical (unpaired) electrons. The summed E-state index contributed by atoms with van der Waals surface area (Å²) in [4.78, 5) is 36.0. The van der Waals surface area contributed by atoms with E-state index in [1.807, 2.05) is 0 Å². The summed E-state index contributed by atoms with van der Waals surface area (Å²) >= 11 is 0. The highest BCUT2D eigenvalue weighted by Crippen LogP contribution is 2.14. The van der Waals surface area contributed by atoms with Gasteiger partial charge in [0.15, 0.2) is 6.10 Å². The molecule has 2 aromatic carbocycles. The van der Waals surface area contributed by atoms with Crippen LogP contribution in [0.5, 0.6) is 0 Å². The van der Waals surface area contributed by atoms with Crippen molar-refractivity contribution < 1.29 is 18.7 Å². The van der Waals surface area contributed by atoms with Gasteiger partial charge in [-0.3, -0.25) is 14.4 Å². The van der Waals surface area contributed by atoms with E-state index in [2.05, 4.69) is 15.5 Å². The monoisotopic (exact) mass is 369 g/mol. The smallest absolute Gasteiger partial charge is 0.312 e. The molecule has 2 N–H and O–H groups in total. The number of amides is 1. The van der Waals surface area contributed by atoms with Crippen LogP contribution in [-0.4, -0.2) is 28.2 Å². The second-order valence-electron chi connectivity index (χ2n) is 5.85. The lowest BCUT2D eigenvalue weighted by atomic mass is 10.1. The lowest BCUT2D eigenvalue weighted by molar-refractivity contribution is -0.152. The van der Waals surface area contributed by atoms with Crippen LogP contribution >= 0.6 is 0 Å². The minimum atomic E-state index is -1.06. The second-order valence-corrected chi connectivity index (χ2v) is 5.85. The van der Waals surface area contributed by atoms with Crippen LogP contribution in [0.2, 0.25) is 0 Å². The quantitative estimate of drug-likeness (QED) is 0.671. The van der Waals surface area contributed by atoms with Crippen molar-refractivity contribution in [2.75, 3.05) is 5.32 Å². The van der Waals surface area contributed by atoms with Crippen molar-refractivity contribution in [2.45, 2.75) is 19.4 Å². The molecule has 0 aliphatic heterocycles. The fourth-order valence-electron chi connectivity index (χ4n) is 2.51. The maximum Gasteiger partial charge on any atom is 0.312 e. The van der Waals surface area contributed by atoms with Crippen LogP contribution in [0.4, 0.5) is 10.1 Å². The van der Waals surface area contributed by atoms with Crippen molar-refractivity contribution in [3.05, 3.63) is 70.4 Å². The number of ether oxygens (including phenoxy) is 1. The van der Waals surface area contributed by atoms with E-state index < -0.39 is 23.8 Å². The number of halogens is 1. The van der Waals surface area contributed by atoms with Gasteiger partial charge in [-0.25, -0.2) is 9.49 Å². The van der Waals surface area contributed by atoms with Gasteiger partial charge in [-0.05, 0) is 37.3 Å². The van der Waals surface area contributed by atoms with E-state index in [0.29, 0.717) is 22.2 Å². The SMILES string of the molecule is C[C@@H](OC(=O)Cc1n[nH]c(=O)c2ccccc12)C(=O)Nc1ccc(F)cc1. The lowest BCUT2D eigenvalue weighted by Crippen LogP contribution is -2.30. The third kappa shape index (κ3) is 4.35. The second kappa shape index (κ2) is 7.77. The average molecular weight is 369 g/mol. The molecule has 0 unspecified atom stereocenters. The number of nitrogens with one attached hydrogen (secondary N) is 2. The molecule has 0 bridgehead atoms. The average Bonchev–Trinajstić information content (AvgIpc) is 2.66. The molecule has 27 heavy (non-hydrogen) atoms. The van der Waals surface area contributed by atoms with Gasteiger partial charge in [-0.2, -0.15) is 5.10 Å². The first-order chi connectivity index (χ1) is 12.9. The highest BCUT2D eigenvalue weighted by Gasteiger charge is 2.19. The Kier molecular flexibility index (Phi) is 5.25. The number of rotatable bonds is 5. The van der Waals surface area contributed by atoms with E-state index in [9.17, 15) is 18.8 Å². The Bertz CT molecular complexity index is 1050. The number of hydrogen-bond donors (Lipinski definition) is 2. The van der Waals surface area contributed by atoms with Crippen LogP contribution < -0.4 is 10.9 Å². The summed E-state index contributed by atoms with van der Waals surface area (Å²) in [5.74, 6) is -1.64. The van der Waals surface area contributed by atoms with Crippen LogP contribution in [0.15, 0.2) is 53.3 Å². The maximum absolute atomic E-state index is 12.9. The topological polar surface area (TPSA) is 101 Å². The molecule has 0 aliphatic carbocycles. The number of carbonyl (C=O) groups excluding carboxylic acids is 2. The Hall–Kier alpha value is -3.55. The van der Waals surface area contributed by atoms with E-state index in [1.54, 1.807) is 24.3 Å². The standard InChI is InChI=1S/C19H16FN3O4/c1-11(18(25)21-13-8-6-12(20)7-9-13)27-17(24)10-16-14-4-2-3-5-15(14)19(26)23-22-16/h2-9,11H,10H2,1H3,(H,21,25)(H,23,26)/t11-/m1/s1. The Morgan fingerprint density at radius 2 is 1.81 bits per heavy atom. The van der Waals surface area contributed by atoms with Gasteiger partial charge in [0, 0.05) is 11.1 Å². The molecule has 138 valence electrons. The van der Waals surface area contributed by atoms with Crippen molar-refractivity contribution in [2.24, 2.45) is 0 Å². The molecule has 3 aromatic rings. The molecule has 0 aliphatic rings.